The van der Waals surface area contributed by atoms with Gasteiger partial charge in [0.2, 0.25) is 5.91 Å². The molecule has 2 fully saturated rings. The van der Waals surface area contributed by atoms with E-state index in [0.29, 0.717) is 25.3 Å². The van der Waals surface area contributed by atoms with Crippen LogP contribution in [0.15, 0.2) is 24.3 Å². The first kappa shape index (κ1) is 15.5. The molecule has 1 aliphatic heterocycles. The monoisotopic (exact) mass is 305 g/mol. The average molecular weight is 305 g/mol. The van der Waals surface area contributed by atoms with Crippen molar-refractivity contribution >= 4 is 5.91 Å². The summed E-state index contributed by atoms with van der Waals surface area (Å²) < 4.78 is 13.5. The zero-order chi connectivity index (χ0) is 15.7. The van der Waals surface area contributed by atoms with Crippen LogP contribution in [0.5, 0.6) is 0 Å². The lowest BCUT2D eigenvalue weighted by molar-refractivity contribution is -0.137. The third kappa shape index (κ3) is 3.17. The van der Waals surface area contributed by atoms with Crippen LogP contribution in [0.2, 0.25) is 0 Å². The topological polar surface area (TPSA) is 40.5 Å². The van der Waals surface area contributed by atoms with Gasteiger partial charge in [-0.1, -0.05) is 31.9 Å². The SMILES string of the molecule is CC1CC(c2cccc(F)c2)N(C(=O)CC2(O)CCCC2)C1. The van der Waals surface area contributed by atoms with Crippen LogP contribution in [0.3, 0.4) is 0 Å². The van der Waals surface area contributed by atoms with Crippen molar-refractivity contribution in [2.45, 2.75) is 57.1 Å². The predicted molar refractivity (Wildman–Crippen MR) is 82.7 cm³/mol. The van der Waals surface area contributed by atoms with Crippen molar-refractivity contribution in [2.24, 2.45) is 5.92 Å². The molecule has 1 heterocycles. The van der Waals surface area contributed by atoms with Gasteiger partial charge in [0.1, 0.15) is 5.82 Å². The van der Waals surface area contributed by atoms with E-state index in [1.807, 2.05) is 11.0 Å². The summed E-state index contributed by atoms with van der Waals surface area (Å²) in [4.78, 5) is 14.5. The van der Waals surface area contributed by atoms with Gasteiger partial charge in [-0.05, 0) is 42.9 Å². The summed E-state index contributed by atoms with van der Waals surface area (Å²) in [5.74, 6) is 0.136. The number of amides is 1. The molecule has 120 valence electrons. The Morgan fingerprint density at radius 1 is 1.41 bits per heavy atom. The highest BCUT2D eigenvalue weighted by Gasteiger charge is 2.39. The molecule has 2 unspecified atom stereocenters. The third-order valence-corrected chi connectivity index (χ3v) is 5.08. The molecule has 1 aromatic carbocycles. The van der Waals surface area contributed by atoms with E-state index < -0.39 is 5.60 Å². The van der Waals surface area contributed by atoms with E-state index >= 15 is 0 Å². The predicted octanol–water partition coefficient (Wildman–Crippen LogP) is 3.43. The van der Waals surface area contributed by atoms with E-state index in [0.717, 1.165) is 24.8 Å². The number of benzene rings is 1. The molecule has 1 saturated carbocycles. The van der Waals surface area contributed by atoms with Crippen LogP contribution in [0.25, 0.3) is 0 Å². The fraction of sp³-hybridized carbons (Fsp3) is 0.611. The van der Waals surface area contributed by atoms with Gasteiger partial charge < -0.3 is 10.0 Å². The Morgan fingerprint density at radius 2 is 2.14 bits per heavy atom. The van der Waals surface area contributed by atoms with Crippen molar-refractivity contribution in [3.8, 4) is 0 Å². The van der Waals surface area contributed by atoms with Crippen molar-refractivity contribution in [1.29, 1.82) is 0 Å². The number of likely N-dealkylation sites (tertiary alicyclic amines) is 1. The van der Waals surface area contributed by atoms with Gasteiger partial charge in [0.25, 0.3) is 0 Å². The number of halogens is 1. The molecular formula is C18H24FNO2. The minimum atomic E-state index is -0.824. The van der Waals surface area contributed by atoms with Crippen LogP contribution in [-0.2, 0) is 4.79 Å². The van der Waals surface area contributed by atoms with E-state index in [2.05, 4.69) is 6.92 Å². The maximum atomic E-state index is 13.5. The minimum Gasteiger partial charge on any atom is -0.389 e. The summed E-state index contributed by atoms with van der Waals surface area (Å²) in [6, 6.07) is 6.46. The third-order valence-electron chi connectivity index (χ3n) is 5.08. The summed E-state index contributed by atoms with van der Waals surface area (Å²) in [5.41, 5.74) is 0.0335. The summed E-state index contributed by atoms with van der Waals surface area (Å²) in [6.07, 6.45) is 4.47. The van der Waals surface area contributed by atoms with E-state index in [4.69, 9.17) is 0 Å². The molecular weight excluding hydrogens is 281 g/mol. The minimum absolute atomic E-state index is 0.00279. The second-order valence-electron chi connectivity index (χ2n) is 7.07. The number of aliphatic hydroxyl groups is 1. The van der Waals surface area contributed by atoms with E-state index in [9.17, 15) is 14.3 Å². The van der Waals surface area contributed by atoms with Crippen LogP contribution < -0.4 is 0 Å². The van der Waals surface area contributed by atoms with Crippen molar-refractivity contribution in [3.63, 3.8) is 0 Å². The van der Waals surface area contributed by atoms with Gasteiger partial charge >= 0.3 is 0 Å². The fourth-order valence-corrected chi connectivity index (χ4v) is 3.94. The standard InChI is InChI=1S/C18H24FNO2/c1-13-9-16(14-5-4-6-15(19)10-14)20(12-13)17(21)11-18(22)7-2-3-8-18/h4-6,10,13,16,22H,2-3,7-9,11-12H2,1H3. The van der Waals surface area contributed by atoms with Crippen LogP contribution >= 0.6 is 0 Å². The van der Waals surface area contributed by atoms with Crippen LogP contribution in [0.4, 0.5) is 4.39 Å². The Labute approximate surface area is 131 Å². The highest BCUT2D eigenvalue weighted by atomic mass is 19.1. The second-order valence-corrected chi connectivity index (χ2v) is 7.07. The number of carbonyl (C=O) groups is 1. The van der Waals surface area contributed by atoms with Gasteiger partial charge in [-0.15, -0.1) is 0 Å². The number of nitrogens with zero attached hydrogens (tertiary/aromatic N) is 1. The first-order valence-electron chi connectivity index (χ1n) is 8.24. The molecule has 0 aromatic heterocycles. The number of rotatable bonds is 3. The lowest BCUT2D eigenvalue weighted by atomic mass is 9.96. The van der Waals surface area contributed by atoms with Gasteiger partial charge in [-0.25, -0.2) is 4.39 Å². The molecule has 0 spiro atoms. The molecule has 3 nitrogen and oxygen atoms in total. The fourth-order valence-electron chi connectivity index (χ4n) is 3.94. The Balaban J connectivity index is 1.77. The Morgan fingerprint density at radius 3 is 2.82 bits per heavy atom. The molecule has 0 radical (unpaired) electrons. The molecule has 2 aliphatic rings. The molecule has 1 saturated heterocycles. The lowest BCUT2D eigenvalue weighted by Gasteiger charge is -2.29. The van der Waals surface area contributed by atoms with Crippen molar-refractivity contribution in [2.75, 3.05) is 6.54 Å². The molecule has 0 bridgehead atoms. The quantitative estimate of drug-likeness (QED) is 0.929. The normalized spacial score (nSPS) is 27.3. The maximum absolute atomic E-state index is 13.5. The van der Waals surface area contributed by atoms with Gasteiger partial charge in [-0.2, -0.15) is 0 Å². The molecule has 22 heavy (non-hydrogen) atoms. The summed E-state index contributed by atoms with van der Waals surface area (Å²) in [5, 5.41) is 10.5. The van der Waals surface area contributed by atoms with Crippen LogP contribution in [0.1, 0.15) is 57.1 Å². The zero-order valence-electron chi connectivity index (χ0n) is 13.1. The van der Waals surface area contributed by atoms with Gasteiger partial charge in [-0.3, -0.25) is 4.79 Å². The summed E-state index contributed by atoms with van der Waals surface area (Å²) in [6.45, 7) is 2.81. The molecule has 3 rings (SSSR count). The van der Waals surface area contributed by atoms with Gasteiger partial charge in [0.05, 0.1) is 18.1 Å². The molecule has 2 atom stereocenters. The smallest absolute Gasteiger partial charge is 0.225 e. The Bertz CT molecular complexity index is 554. The highest BCUT2D eigenvalue weighted by Crippen LogP contribution is 2.38. The number of hydrogen-bond donors (Lipinski definition) is 1. The second kappa shape index (κ2) is 5.99. The molecule has 4 heteroatoms. The number of carbonyl (C=O) groups excluding carboxylic acids is 1. The zero-order valence-corrected chi connectivity index (χ0v) is 13.1. The summed E-state index contributed by atoms with van der Waals surface area (Å²) in [7, 11) is 0. The maximum Gasteiger partial charge on any atom is 0.225 e. The van der Waals surface area contributed by atoms with Gasteiger partial charge in [0, 0.05) is 6.54 Å². The lowest BCUT2D eigenvalue weighted by Crippen LogP contribution is -2.38. The molecule has 1 aliphatic carbocycles. The number of hydrogen-bond acceptors (Lipinski definition) is 2. The Hall–Kier alpha value is -1.42. The molecule has 1 aromatic rings. The van der Waals surface area contributed by atoms with Crippen LogP contribution in [-0.4, -0.2) is 28.1 Å². The first-order chi connectivity index (χ1) is 10.5. The largest absolute Gasteiger partial charge is 0.389 e. The summed E-state index contributed by atoms with van der Waals surface area (Å²) >= 11 is 0. The van der Waals surface area contributed by atoms with Crippen molar-refractivity contribution in [1.82, 2.24) is 4.90 Å². The average Bonchev–Trinajstić information content (AvgIpc) is 3.05. The Kier molecular flexibility index (Phi) is 4.22. The first-order valence-corrected chi connectivity index (χ1v) is 8.24. The van der Waals surface area contributed by atoms with Gasteiger partial charge in [0.15, 0.2) is 0 Å². The van der Waals surface area contributed by atoms with Crippen LogP contribution in [0, 0.1) is 11.7 Å². The van der Waals surface area contributed by atoms with E-state index in [-0.39, 0.29) is 24.2 Å². The molecule has 1 amide bonds. The van der Waals surface area contributed by atoms with E-state index in [1.54, 1.807) is 6.07 Å². The molecule has 1 N–H and O–H groups in total. The highest BCUT2D eigenvalue weighted by molar-refractivity contribution is 5.78. The van der Waals surface area contributed by atoms with Crippen molar-refractivity contribution in [3.05, 3.63) is 35.6 Å². The van der Waals surface area contributed by atoms with Crippen molar-refractivity contribution < 1.29 is 14.3 Å². The van der Waals surface area contributed by atoms with E-state index in [1.165, 1.54) is 12.1 Å².